The lowest BCUT2D eigenvalue weighted by Crippen LogP contribution is -2.34. The minimum Gasteiger partial charge on any atom is -0.399 e. The lowest BCUT2D eigenvalue weighted by atomic mass is 10.2. The fourth-order valence-electron chi connectivity index (χ4n) is 1.88. The highest BCUT2D eigenvalue weighted by Gasteiger charge is 2.04. The zero-order chi connectivity index (χ0) is 14.4. The zero-order valence-corrected chi connectivity index (χ0v) is 11.4. The number of carbonyl (C=O) groups is 1. The molecule has 0 saturated heterocycles. The second kappa shape index (κ2) is 6.56. The number of aromatic nitrogens is 2. The van der Waals surface area contributed by atoms with E-state index in [0.29, 0.717) is 12.2 Å². The molecule has 1 atom stereocenters. The average molecular weight is 270 g/mol. The molecule has 0 fully saturated rings. The average Bonchev–Trinajstić information content (AvgIpc) is 2.89. The topological polar surface area (TPSA) is 72.9 Å². The van der Waals surface area contributed by atoms with Gasteiger partial charge in [0.1, 0.15) is 0 Å². The van der Waals surface area contributed by atoms with E-state index in [1.807, 2.05) is 42.0 Å². The number of nitrogens with zero attached hydrogens (tertiary/aromatic N) is 2. The summed E-state index contributed by atoms with van der Waals surface area (Å²) < 4.78 is 1.92. The lowest BCUT2D eigenvalue weighted by molar-refractivity contribution is -0.117. The lowest BCUT2D eigenvalue weighted by Gasteiger charge is -2.12. The van der Waals surface area contributed by atoms with Crippen molar-refractivity contribution in [3.05, 3.63) is 54.6 Å². The Morgan fingerprint density at radius 1 is 1.55 bits per heavy atom. The van der Waals surface area contributed by atoms with Gasteiger partial charge in [-0.3, -0.25) is 4.79 Å². The molecule has 1 unspecified atom stereocenters. The van der Waals surface area contributed by atoms with E-state index in [1.54, 1.807) is 18.6 Å². The third kappa shape index (κ3) is 4.28. The molecule has 1 amide bonds. The number of amides is 1. The van der Waals surface area contributed by atoms with Gasteiger partial charge in [0.25, 0.3) is 0 Å². The van der Waals surface area contributed by atoms with Gasteiger partial charge in [-0.2, -0.15) is 0 Å². The van der Waals surface area contributed by atoms with Crippen LogP contribution in [0.25, 0.3) is 6.08 Å². The van der Waals surface area contributed by atoms with Crippen LogP contribution in [0.4, 0.5) is 5.69 Å². The van der Waals surface area contributed by atoms with Crippen LogP contribution < -0.4 is 11.1 Å². The maximum atomic E-state index is 11.8. The molecule has 1 aromatic carbocycles. The molecule has 0 radical (unpaired) electrons. The van der Waals surface area contributed by atoms with E-state index in [-0.39, 0.29) is 11.9 Å². The van der Waals surface area contributed by atoms with E-state index in [9.17, 15) is 4.79 Å². The minimum atomic E-state index is -0.125. The first-order valence-corrected chi connectivity index (χ1v) is 6.43. The number of benzene rings is 1. The maximum absolute atomic E-state index is 11.8. The molecule has 5 heteroatoms. The van der Waals surface area contributed by atoms with Crippen molar-refractivity contribution in [2.75, 3.05) is 5.73 Å². The molecule has 20 heavy (non-hydrogen) atoms. The second-order valence-electron chi connectivity index (χ2n) is 4.67. The molecule has 0 spiro atoms. The normalized spacial score (nSPS) is 12.4. The van der Waals surface area contributed by atoms with Crippen LogP contribution in [0.5, 0.6) is 0 Å². The first kappa shape index (κ1) is 13.9. The second-order valence-corrected chi connectivity index (χ2v) is 4.67. The van der Waals surface area contributed by atoms with Crippen molar-refractivity contribution in [2.24, 2.45) is 0 Å². The Bertz CT molecular complexity index is 590. The summed E-state index contributed by atoms with van der Waals surface area (Å²) in [7, 11) is 0. The van der Waals surface area contributed by atoms with Gasteiger partial charge in [-0.15, -0.1) is 0 Å². The first-order chi connectivity index (χ1) is 9.63. The molecule has 0 saturated carbocycles. The van der Waals surface area contributed by atoms with Crippen molar-refractivity contribution >= 4 is 17.7 Å². The minimum absolute atomic E-state index is 0.0298. The van der Waals surface area contributed by atoms with Crippen molar-refractivity contribution in [3.8, 4) is 0 Å². The number of nitrogens with one attached hydrogen (secondary N) is 1. The summed E-state index contributed by atoms with van der Waals surface area (Å²) in [5, 5.41) is 2.90. The Morgan fingerprint density at radius 3 is 3.10 bits per heavy atom. The number of nitrogens with two attached hydrogens (primary N) is 1. The number of anilines is 1. The van der Waals surface area contributed by atoms with Crippen LogP contribution in [0, 0.1) is 0 Å². The van der Waals surface area contributed by atoms with Gasteiger partial charge in [0.05, 0.1) is 6.33 Å². The predicted molar refractivity (Wildman–Crippen MR) is 79.7 cm³/mol. The van der Waals surface area contributed by atoms with Crippen LogP contribution in [0.15, 0.2) is 49.1 Å². The fraction of sp³-hybridized carbons (Fsp3) is 0.200. The van der Waals surface area contributed by atoms with Crippen LogP contribution in [0.3, 0.4) is 0 Å². The predicted octanol–water partition coefficient (Wildman–Crippen LogP) is 1.68. The van der Waals surface area contributed by atoms with E-state index >= 15 is 0 Å². The monoisotopic (exact) mass is 270 g/mol. The van der Waals surface area contributed by atoms with Crippen LogP contribution in [-0.4, -0.2) is 21.5 Å². The molecule has 1 heterocycles. The summed E-state index contributed by atoms with van der Waals surface area (Å²) in [5.41, 5.74) is 7.26. The Kier molecular flexibility index (Phi) is 4.55. The molecule has 0 aliphatic carbocycles. The maximum Gasteiger partial charge on any atom is 0.244 e. The van der Waals surface area contributed by atoms with Gasteiger partial charge >= 0.3 is 0 Å². The molecule has 0 aliphatic rings. The van der Waals surface area contributed by atoms with Crippen LogP contribution in [0.1, 0.15) is 12.5 Å². The van der Waals surface area contributed by atoms with E-state index in [2.05, 4.69) is 10.3 Å². The summed E-state index contributed by atoms with van der Waals surface area (Å²) in [6.07, 6.45) is 8.57. The number of hydrogen-bond donors (Lipinski definition) is 2. The van der Waals surface area contributed by atoms with Gasteiger partial charge in [-0.05, 0) is 30.7 Å². The number of carbonyl (C=O) groups excluding carboxylic acids is 1. The van der Waals surface area contributed by atoms with Crippen molar-refractivity contribution in [1.29, 1.82) is 0 Å². The highest BCUT2D eigenvalue weighted by Crippen LogP contribution is 2.07. The number of imidazole rings is 1. The molecule has 0 bridgehead atoms. The van der Waals surface area contributed by atoms with Crippen LogP contribution in [-0.2, 0) is 11.3 Å². The molecule has 1 aromatic heterocycles. The molecule has 2 aromatic rings. The Labute approximate surface area is 118 Å². The van der Waals surface area contributed by atoms with E-state index in [4.69, 9.17) is 5.73 Å². The summed E-state index contributed by atoms with van der Waals surface area (Å²) in [6.45, 7) is 2.64. The summed E-state index contributed by atoms with van der Waals surface area (Å²) in [4.78, 5) is 15.7. The van der Waals surface area contributed by atoms with Crippen molar-refractivity contribution < 1.29 is 4.79 Å². The fourth-order valence-corrected chi connectivity index (χ4v) is 1.88. The first-order valence-electron chi connectivity index (χ1n) is 6.43. The zero-order valence-electron chi connectivity index (χ0n) is 11.4. The van der Waals surface area contributed by atoms with Gasteiger partial charge in [-0.1, -0.05) is 12.1 Å². The van der Waals surface area contributed by atoms with E-state index < -0.39 is 0 Å². The Hall–Kier alpha value is -2.56. The van der Waals surface area contributed by atoms with Crippen LogP contribution >= 0.6 is 0 Å². The van der Waals surface area contributed by atoms with Crippen LogP contribution in [0.2, 0.25) is 0 Å². The van der Waals surface area contributed by atoms with E-state index in [0.717, 1.165) is 5.56 Å². The van der Waals surface area contributed by atoms with Gasteiger partial charge in [0, 0.05) is 36.7 Å². The van der Waals surface area contributed by atoms with Crippen molar-refractivity contribution in [1.82, 2.24) is 14.9 Å². The van der Waals surface area contributed by atoms with Gasteiger partial charge in [0.2, 0.25) is 5.91 Å². The molecule has 2 rings (SSSR count). The summed E-state index contributed by atoms with van der Waals surface area (Å²) in [6, 6.07) is 7.41. The largest absolute Gasteiger partial charge is 0.399 e. The number of nitrogen functional groups attached to an aromatic ring is 1. The quantitative estimate of drug-likeness (QED) is 0.641. The molecular weight excluding hydrogens is 252 g/mol. The van der Waals surface area contributed by atoms with Crippen molar-refractivity contribution in [3.63, 3.8) is 0 Å². The molecular formula is C15H18N4O. The smallest absolute Gasteiger partial charge is 0.244 e. The number of hydrogen-bond acceptors (Lipinski definition) is 3. The van der Waals surface area contributed by atoms with Gasteiger partial charge in [-0.25, -0.2) is 4.98 Å². The van der Waals surface area contributed by atoms with Gasteiger partial charge < -0.3 is 15.6 Å². The SMILES string of the molecule is CC(Cn1ccnc1)NC(=O)/C=C/c1cccc(N)c1. The third-order valence-electron chi connectivity index (χ3n) is 2.77. The van der Waals surface area contributed by atoms with Gasteiger partial charge in [0.15, 0.2) is 0 Å². The highest BCUT2D eigenvalue weighted by molar-refractivity contribution is 5.91. The standard InChI is InChI=1S/C15H18N4O/c1-12(10-19-8-7-17-11-19)18-15(20)6-5-13-3-2-4-14(16)9-13/h2-9,11-12H,10,16H2,1H3,(H,18,20)/b6-5+. The molecule has 5 nitrogen and oxygen atoms in total. The molecule has 104 valence electrons. The third-order valence-corrected chi connectivity index (χ3v) is 2.77. The Morgan fingerprint density at radius 2 is 2.40 bits per heavy atom. The van der Waals surface area contributed by atoms with Crippen molar-refractivity contribution in [2.45, 2.75) is 19.5 Å². The summed E-state index contributed by atoms with van der Waals surface area (Å²) in [5.74, 6) is -0.125. The molecule has 0 aliphatic heterocycles. The summed E-state index contributed by atoms with van der Waals surface area (Å²) >= 11 is 0. The highest BCUT2D eigenvalue weighted by atomic mass is 16.1. The number of rotatable bonds is 5. The molecule has 3 N–H and O–H groups in total. The Balaban J connectivity index is 1.85. The van der Waals surface area contributed by atoms with E-state index in [1.165, 1.54) is 6.08 Å².